The highest BCUT2D eigenvalue weighted by Crippen LogP contribution is 2.26. The number of hydrogen-bond donors (Lipinski definition) is 2. The van der Waals surface area contributed by atoms with E-state index in [9.17, 15) is 21.6 Å². The molecule has 2 N–H and O–H groups in total. The molecule has 0 bridgehead atoms. The van der Waals surface area contributed by atoms with Crippen LogP contribution in [-0.4, -0.2) is 35.0 Å². The molecule has 0 aliphatic rings. The van der Waals surface area contributed by atoms with E-state index in [0.29, 0.717) is 11.4 Å². The number of nitrogens with zero attached hydrogens (tertiary/aromatic N) is 1. The standard InChI is InChI=1S/C22H21Cl2N3O5S2/c1-15(27(33(2,29)30)20-6-4-3-5-7-20)22(28)25-18-8-10-21(11-9-18)34(31,32)26-19-13-16(23)12-17(24)14-19/h3-15,26H,1-2H3,(H,25,28)/t15-/m0/s1. The van der Waals surface area contributed by atoms with E-state index in [1.54, 1.807) is 30.3 Å². The van der Waals surface area contributed by atoms with Crippen molar-refractivity contribution in [3.8, 4) is 0 Å². The van der Waals surface area contributed by atoms with Gasteiger partial charge in [0.1, 0.15) is 6.04 Å². The van der Waals surface area contributed by atoms with Gasteiger partial charge in [0.15, 0.2) is 0 Å². The first kappa shape index (κ1) is 25.8. The van der Waals surface area contributed by atoms with Gasteiger partial charge in [-0.25, -0.2) is 16.8 Å². The lowest BCUT2D eigenvalue weighted by atomic mass is 10.2. The van der Waals surface area contributed by atoms with Crippen LogP contribution in [0.15, 0.2) is 77.7 Å². The minimum Gasteiger partial charge on any atom is -0.324 e. The number of amides is 1. The lowest BCUT2D eigenvalue weighted by Crippen LogP contribution is -2.45. The summed E-state index contributed by atoms with van der Waals surface area (Å²) >= 11 is 11.8. The van der Waals surface area contributed by atoms with Crippen LogP contribution in [0.3, 0.4) is 0 Å². The van der Waals surface area contributed by atoms with Crippen LogP contribution in [0.5, 0.6) is 0 Å². The van der Waals surface area contributed by atoms with Crippen LogP contribution in [0.2, 0.25) is 10.0 Å². The van der Waals surface area contributed by atoms with E-state index >= 15 is 0 Å². The molecule has 1 atom stereocenters. The maximum absolute atomic E-state index is 12.8. The van der Waals surface area contributed by atoms with E-state index < -0.39 is 32.0 Å². The average molecular weight is 542 g/mol. The fourth-order valence-corrected chi connectivity index (χ4v) is 5.92. The third kappa shape index (κ3) is 6.41. The molecule has 12 heteroatoms. The van der Waals surface area contributed by atoms with E-state index in [0.717, 1.165) is 10.6 Å². The summed E-state index contributed by atoms with van der Waals surface area (Å²) in [5, 5.41) is 3.16. The van der Waals surface area contributed by atoms with Gasteiger partial charge in [0.25, 0.3) is 10.0 Å². The number of rotatable bonds is 8. The van der Waals surface area contributed by atoms with Gasteiger partial charge in [-0.15, -0.1) is 0 Å². The number of para-hydroxylation sites is 1. The van der Waals surface area contributed by atoms with Crippen molar-refractivity contribution in [2.24, 2.45) is 0 Å². The molecule has 0 saturated heterocycles. The molecule has 34 heavy (non-hydrogen) atoms. The minimum absolute atomic E-state index is 0.0586. The largest absolute Gasteiger partial charge is 0.324 e. The highest BCUT2D eigenvalue weighted by Gasteiger charge is 2.29. The molecule has 1 amide bonds. The zero-order valence-corrected chi connectivity index (χ0v) is 21.2. The van der Waals surface area contributed by atoms with Gasteiger partial charge in [0, 0.05) is 15.7 Å². The van der Waals surface area contributed by atoms with Gasteiger partial charge >= 0.3 is 0 Å². The van der Waals surface area contributed by atoms with Crippen molar-refractivity contribution in [2.75, 3.05) is 20.6 Å². The summed E-state index contributed by atoms with van der Waals surface area (Å²) in [6.45, 7) is 1.46. The van der Waals surface area contributed by atoms with Crippen LogP contribution in [0.1, 0.15) is 6.92 Å². The van der Waals surface area contributed by atoms with Crippen LogP contribution in [0.4, 0.5) is 17.1 Å². The predicted octanol–water partition coefficient (Wildman–Crippen LogP) is 4.59. The van der Waals surface area contributed by atoms with E-state index in [4.69, 9.17) is 23.2 Å². The molecule has 0 heterocycles. The first-order valence-electron chi connectivity index (χ1n) is 9.81. The second-order valence-electron chi connectivity index (χ2n) is 7.35. The molecule has 0 aliphatic carbocycles. The van der Waals surface area contributed by atoms with Gasteiger partial charge in [0.05, 0.1) is 22.5 Å². The fraction of sp³-hybridized carbons (Fsp3) is 0.136. The van der Waals surface area contributed by atoms with Gasteiger partial charge in [-0.1, -0.05) is 41.4 Å². The Labute approximate surface area is 208 Å². The summed E-state index contributed by atoms with van der Waals surface area (Å²) in [6.07, 6.45) is 1.02. The van der Waals surface area contributed by atoms with Crippen LogP contribution in [-0.2, 0) is 24.8 Å². The van der Waals surface area contributed by atoms with Crippen molar-refractivity contribution in [3.63, 3.8) is 0 Å². The molecule has 3 rings (SSSR count). The maximum atomic E-state index is 12.8. The SMILES string of the molecule is C[C@@H](C(=O)Nc1ccc(S(=O)(=O)Nc2cc(Cl)cc(Cl)c2)cc1)N(c1ccccc1)S(C)(=O)=O. The summed E-state index contributed by atoms with van der Waals surface area (Å²) in [6, 6.07) is 16.9. The Kier molecular flexibility index (Phi) is 7.77. The first-order valence-corrected chi connectivity index (χ1v) is 13.9. The molecular formula is C22H21Cl2N3O5S2. The van der Waals surface area contributed by atoms with Crippen LogP contribution in [0, 0.1) is 0 Å². The van der Waals surface area contributed by atoms with Gasteiger partial charge in [-0.05, 0) is 61.5 Å². The van der Waals surface area contributed by atoms with E-state index in [2.05, 4.69) is 10.0 Å². The second-order valence-corrected chi connectivity index (χ2v) is 11.8. The molecule has 0 fully saturated rings. The summed E-state index contributed by atoms with van der Waals surface area (Å²) in [5.41, 5.74) is 0.842. The minimum atomic E-state index is -3.94. The number of carbonyl (C=O) groups excluding carboxylic acids is 1. The lowest BCUT2D eigenvalue weighted by Gasteiger charge is -2.28. The topological polar surface area (TPSA) is 113 Å². The number of sulfonamides is 2. The molecule has 0 aromatic heterocycles. The van der Waals surface area contributed by atoms with Crippen molar-refractivity contribution < 1.29 is 21.6 Å². The zero-order chi connectivity index (χ0) is 25.1. The highest BCUT2D eigenvalue weighted by molar-refractivity contribution is 7.92. The van der Waals surface area contributed by atoms with Crippen LogP contribution in [0.25, 0.3) is 0 Å². The highest BCUT2D eigenvalue weighted by atomic mass is 35.5. The quantitative estimate of drug-likeness (QED) is 0.433. The van der Waals surface area contributed by atoms with E-state index in [1.165, 1.54) is 49.4 Å². The van der Waals surface area contributed by atoms with Crippen molar-refractivity contribution in [1.82, 2.24) is 0 Å². The Morgan fingerprint density at radius 2 is 1.41 bits per heavy atom. The van der Waals surface area contributed by atoms with Crippen LogP contribution < -0.4 is 14.3 Å². The lowest BCUT2D eigenvalue weighted by molar-refractivity contribution is -0.116. The maximum Gasteiger partial charge on any atom is 0.261 e. The third-order valence-electron chi connectivity index (χ3n) is 4.65. The summed E-state index contributed by atoms with van der Waals surface area (Å²) in [4.78, 5) is 12.7. The molecule has 3 aromatic carbocycles. The summed E-state index contributed by atoms with van der Waals surface area (Å²) < 4.78 is 53.4. The third-order valence-corrected chi connectivity index (χ3v) is 7.72. The zero-order valence-electron chi connectivity index (χ0n) is 18.1. The van der Waals surface area contributed by atoms with Crippen molar-refractivity contribution in [3.05, 3.63) is 82.8 Å². The Balaban J connectivity index is 1.76. The van der Waals surface area contributed by atoms with E-state index in [1.807, 2.05) is 0 Å². The van der Waals surface area contributed by atoms with Crippen molar-refractivity contribution in [1.29, 1.82) is 0 Å². The average Bonchev–Trinajstić information content (AvgIpc) is 2.73. The number of anilines is 3. The van der Waals surface area contributed by atoms with Gasteiger partial charge in [-0.3, -0.25) is 13.8 Å². The molecule has 0 aliphatic heterocycles. The van der Waals surface area contributed by atoms with Gasteiger partial charge in [0.2, 0.25) is 15.9 Å². The number of halogens is 2. The van der Waals surface area contributed by atoms with Crippen molar-refractivity contribution in [2.45, 2.75) is 17.9 Å². The Bertz CT molecular complexity index is 1380. The Morgan fingerprint density at radius 1 is 0.853 bits per heavy atom. The smallest absolute Gasteiger partial charge is 0.261 e. The number of carbonyl (C=O) groups is 1. The molecule has 8 nitrogen and oxygen atoms in total. The number of benzene rings is 3. The molecule has 0 radical (unpaired) electrons. The fourth-order valence-electron chi connectivity index (χ4n) is 3.17. The number of nitrogens with one attached hydrogen (secondary N) is 2. The summed E-state index contributed by atoms with van der Waals surface area (Å²) in [5.74, 6) is -0.587. The van der Waals surface area contributed by atoms with Gasteiger partial charge in [-0.2, -0.15) is 0 Å². The first-order chi connectivity index (χ1) is 15.9. The van der Waals surface area contributed by atoms with Crippen molar-refractivity contribution >= 4 is 66.2 Å². The predicted molar refractivity (Wildman–Crippen MR) is 136 cm³/mol. The monoisotopic (exact) mass is 541 g/mol. The molecule has 0 unspecified atom stereocenters. The second kappa shape index (κ2) is 10.2. The Morgan fingerprint density at radius 3 is 1.94 bits per heavy atom. The Hall–Kier alpha value is -2.79. The summed E-state index contributed by atoms with van der Waals surface area (Å²) in [7, 11) is -7.70. The normalized spacial score (nSPS) is 12.6. The van der Waals surface area contributed by atoms with Gasteiger partial charge < -0.3 is 5.32 Å². The van der Waals surface area contributed by atoms with Crippen LogP contribution >= 0.6 is 23.2 Å². The molecule has 3 aromatic rings. The molecule has 180 valence electrons. The molecule has 0 spiro atoms. The number of hydrogen-bond acceptors (Lipinski definition) is 5. The van der Waals surface area contributed by atoms with E-state index in [-0.39, 0.29) is 20.6 Å². The molecule has 0 saturated carbocycles. The molecular weight excluding hydrogens is 521 g/mol.